The zero-order chi connectivity index (χ0) is 33.7. The molecular formula is C27H41ClN11O6+. The lowest BCUT2D eigenvalue weighted by Gasteiger charge is -2.15. The highest BCUT2D eigenvalue weighted by molar-refractivity contribution is 6.28. The summed E-state index contributed by atoms with van der Waals surface area (Å²) in [6.07, 6.45) is 8.34. The Morgan fingerprint density at radius 2 is 1.31 bits per heavy atom. The Bertz CT molecular complexity index is 1390. The van der Waals surface area contributed by atoms with Gasteiger partial charge in [0, 0.05) is 31.2 Å². The van der Waals surface area contributed by atoms with Gasteiger partial charge in [-0.05, 0) is 38.3 Å². The van der Waals surface area contributed by atoms with Crippen LogP contribution in [0.3, 0.4) is 0 Å². The minimum absolute atomic E-state index is 0.0312. The molecule has 3 atom stereocenters. The van der Waals surface area contributed by atoms with E-state index in [1.807, 2.05) is 0 Å². The number of carbonyl (C=O) groups is 4. The number of aromatic nitrogens is 4. The molecule has 18 heteroatoms. The van der Waals surface area contributed by atoms with Crippen molar-refractivity contribution < 1.29 is 34.0 Å². The number of rotatable bonds is 9. The number of primary amides is 4. The van der Waals surface area contributed by atoms with Crippen LogP contribution < -0.4 is 33.6 Å². The monoisotopic (exact) mass is 650 g/mol. The lowest BCUT2D eigenvalue weighted by molar-refractivity contribution is -0.453. The van der Waals surface area contributed by atoms with Gasteiger partial charge in [-0.2, -0.15) is 0 Å². The Kier molecular flexibility index (Phi) is 14.5. The van der Waals surface area contributed by atoms with Gasteiger partial charge in [-0.25, -0.2) is 14.5 Å². The fourth-order valence-electron chi connectivity index (χ4n) is 3.98. The third kappa shape index (κ3) is 13.0. The van der Waals surface area contributed by atoms with E-state index in [0.29, 0.717) is 19.4 Å². The molecule has 1 aliphatic heterocycles. The van der Waals surface area contributed by atoms with E-state index >= 15 is 0 Å². The molecule has 3 heterocycles. The second kappa shape index (κ2) is 17.7. The molecule has 1 unspecified atom stereocenters. The molecule has 0 bridgehead atoms. The Balaban J connectivity index is 0.000000266. The maximum atomic E-state index is 11.4. The lowest BCUT2D eigenvalue weighted by atomic mass is 9.98. The minimum Gasteiger partial charge on any atom is -0.393 e. The van der Waals surface area contributed by atoms with E-state index in [9.17, 15) is 24.3 Å². The van der Waals surface area contributed by atoms with E-state index in [2.05, 4.69) is 30.6 Å². The molecule has 2 aromatic heterocycles. The van der Waals surface area contributed by atoms with Crippen LogP contribution in [-0.4, -0.2) is 95.4 Å². The number of nitrogens with one attached hydrogen (secondary N) is 2. The molecule has 2 aliphatic rings. The lowest BCUT2D eigenvalue weighted by Crippen LogP contribution is -2.33. The van der Waals surface area contributed by atoms with Crippen LogP contribution in [0.1, 0.15) is 79.8 Å². The van der Waals surface area contributed by atoms with Crippen LogP contribution in [0.4, 0.5) is 17.6 Å². The van der Waals surface area contributed by atoms with Gasteiger partial charge in [0.1, 0.15) is 23.6 Å². The van der Waals surface area contributed by atoms with Gasteiger partial charge < -0.3 is 43.8 Å². The van der Waals surface area contributed by atoms with Crippen LogP contribution >= 0.6 is 11.6 Å². The van der Waals surface area contributed by atoms with E-state index in [-0.39, 0.29) is 46.5 Å². The quantitative estimate of drug-likeness (QED) is 0.126. The zero-order valence-electron chi connectivity index (χ0n) is 25.1. The van der Waals surface area contributed by atoms with Crippen molar-refractivity contribution in [2.75, 3.05) is 17.2 Å². The van der Waals surface area contributed by atoms with Crippen molar-refractivity contribution in [2.24, 2.45) is 22.9 Å². The highest BCUT2D eigenvalue weighted by Gasteiger charge is 2.24. The molecule has 45 heavy (non-hydrogen) atoms. The van der Waals surface area contributed by atoms with Gasteiger partial charge in [0.15, 0.2) is 0 Å². The summed E-state index contributed by atoms with van der Waals surface area (Å²) in [4.78, 5) is 59.9. The Morgan fingerprint density at radius 1 is 0.800 bits per heavy atom. The zero-order valence-corrected chi connectivity index (χ0v) is 25.9. The van der Waals surface area contributed by atoms with Crippen molar-refractivity contribution in [1.29, 1.82) is 0 Å². The smallest absolute Gasteiger partial charge is 0.393 e. The Morgan fingerprint density at radius 3 is 1.73 bits per heavy atom. The van der Waals surface area contributed by atoms with Crippen LogP contribution in [0, 0.1) is 0 Å². The number of aliphatic hydroxyl groups is 2. The number of nitrogens with two attached hydrogens (primary N) is 4. The van der Waals surface area contributed by atoms with Crippen molar-refractivity contribution in [2.45, 2.75) is 83.1 Å². The third-order valence-electron chi connectivity index (χ3n) is 6.63. The van der Waals surface area contributed by atoms with Crippen molar-refractivity contribution >= 4 is 59.0 Å². The molecule has 2 aromatic rings. The topological polar surface area (TPSA) is 291 Å². The second-order valence-corrected chi connectivity index (χ2v) is 10.8. The van der Waals surface area contributed by atoms with Crippen LogP contribution in [0.2, 0.25) is 5.28 Å². The van der Waals surface area contributed by atoms with Crippen LogP contribution in [-0.2, 0) is 9.59 Å². The highest BCUT2D eigenvalue weighted by atomic mass is 35.5. The first-order valence-corrected chi connectivity index (χ1v) is 14.6. The summed E-state index contributed by atoms with van der Waals surface area (Å²) in [6, 6.07) is 1.35. The van der Waals surface area contributed by atoms with E-state index in [4.69, 9.17) is 39.6 Å². The fourth-order valence-corrected chi connectivity index (χ4v) is 4.16. The standard InChI is InChI=1S/C13H18N6O3.C8H10ClN5O2.C6H12O/c1-7(11(14)21)16-10-6-9(12(15)22)17-13(18-10)19-4-2-8(20)3-5-19;1-3(6(10)15)12-5-2-4(7(11)16)13-8(9)14-5;7-6-4-2-1-3-5-6/h4,6-8,20H,2-3,5H2,1H3,(H4-,14,15,16,17,18,21,22);2-3H,1H3,(H2,10,15)(H2,11,16)(H,12,13,14);6-7H,1-5H2/p+1/t7-,8?;3-;/m00./s1. The number of aliphatic hydroxyl groups excluding tert-OH is 2. The molecule has 17 nitrogen and oxygen atoms in total. The predicted molar refractivity (Wildman–Crippen MR) is 166 cm³/mol. The summed E-state index contributed by atoms with van der Waals surface area (Å²) < 4.78 is 1.74. The first-order chi connectivity index (χ1) is 21.2. The van der Waals surface area contributed by atoms with Gasteiger partial charge >= 0.3 is 5.95 Å². The molecule has 1 fully saturated rings. The average molecular weight is 651 g/mol. The maximum Gasteiger partial charge on any atom is 0.435 e. The summed E-state index contributed by atoms with van der Waals surface area (Å²) in [6.45, 7) is 3.65. The molecule has 1 saturated carbocycles. The predicted octanol–water partition coefficient (Wildman–Crippen LogP) is -0.443. The number of anilines is 2. The van der Waals surface area contributed by atoms with Gasteiger partial charge in [0.05, 0.1) is 18.8 Å². The Hall–Kier alpha value is -4.48. The molecular weight excluding hydrogens is 610 g/mol. The molecule has 0 saturated heterocycles. The van der Waals surface area contributed by atoms with Crippen molar-refractivity contribution in [1.82, 2.24) is 19.9 Å². The van der Waals surface area contributed by atoms with Crippen LogP contribution in [0.25, 0.3) is 0 Å². The number of hydrogen-bond donors (Lipinski definition) is 8. The molecule has 0 radical (unpaired) electrons. The van der Waals surface area contributed by atoms with Crippen molar-refractivity contribution in [3.05, 3.63) is 28.8 Å². The molecule has 246 valence electrons. The minimum atomic E-state index is -0.737. The first kappa shape index (κ1) is 36.7. The SMILES string of the molecule is C[C@H](Nc1cc(C(N)=O)nc(Cl)n1)C(N)=O.C[C@H](Nc1cc(C(N)=O)nc([N+]2=CCC(O)CC2)n1)C(N)=O.OC1CCCCC1. The van der Waals surface area contributed by atoms with E-state index in [1.54, 1.807) is 24.6 Å². The summed E-state index contributed by atoms with van der Waals surface area (Å²) >= 11 is 5.57. The molecule has 12 N–H and O–H groups in total. The molecule has 0 spiro atoms. The highest BCUT2D eigenvalue weighted by Crippen LogP contribution is 2.17. The average Bonchev–Trinajstić information content (AvgIpc) is 2.98. The molecule has 1 aliphatic carbocycles. The van der Waals surface area contributed by atoms with Crippen LogP contribution in [0.15, 0.2) is 12.1 Å². The number of nitrogens with zero attached hydrogens (tertiary/aromatic N) is 5. The van der Waals surface area contributed by atoms with E-state index in [1.165, 1.54) is 31.4 Å². The summed E-state index contributed by atoms with van der Waals surface area (Å²) in [5.41, 5.74) is 20.5. The largest absolute Gasteiger partial charge is 0.435 e. The molecule has 4 amide bonds. The normalized spacial score (nSPS) is 17.5. The second-order valence-electron chi connectivity index (χ2n) is 10.5. The van der Waals surface area contributed by atoms with Crippen molar-refractivity contribution in [3.8, 4) is 0 Å². The first-order valence-electron chi connectivity index (χ1n) is 14.3. The maximum absolute atomic E-state index is 11.4. The third-order valence-corrected chi connectivity index (χ3v) is 6.80. The van der Waals surface area contributed by atoms with Crippen molar-refractivity contribution in [3.63, 3.8) is 0 Å². The Labute approximate surface area is 264 Å². The van der Waals surface area contributed by atoms with Gasteiger partial charge in [0.2, 0.25) is 28.6 Å². The van der Waals surface area contributed by atoms with Crippen LogP contribution in [0.5, 0.6) is 0 Å². The number of halogens is 1. The number of hydrogen-bond acceptors (Lipinski definition) is 12. The van der Waals surface area contributed by atoms with E-state index < -0.39 is 35.7 Å². The summed E-state index contributed by atoms with van der Waals surface area (Å²) in [5.74, 6) is -1.77. The fraction of sp³-hybridized carbons (Fsp3) is 0.519. The number of carbonyl (C=O) groups excluding carboxylic acids is 4. The summed E-state index contributed by atoms with van der Waals surface area (Å²) in [7, 11) is 0. The van der Waals surface area contributed by atoms with E-state index in [0.717, 1.165) is 12.8 Å². The number of amides is 4. The van der Waals surface area contributed by atoms with Gasteiger partial charge in [0.25, 0.3) is 11.8 Å². The summed E-state index contributed by atoms with van der Waals surface area (Å²) in [5, 5.41) is 23.7. The van der Waals surface area contributed by atoms with Gasteiger partial charge in [-0.15, -0.1) is 0 Å². The molecule has 0 aromatic carbocycles. The van der Waals surface area contributed by atoms with Gasteiger partial charge in [-0.3, -0.25) is 19.2 Å². The molecule has 4 rings (SSSR count). The van der Waals surface area contributed by atoms with Gasteiger partial charge in [-0.1, -0.05) is 29.2 Å².